The molecule has 5 rings (SSSR count). The van der Waals surface area contributed by atoms with Crippen molar-refractivity contribution in [2.75, 3.05) is 19.7 Å². The highest BCUT2D eigenvalue weighted by molar-refractivity contribution is 5.98. The number of ether oxygens (including phenoxy) is 2. The molecule has 29 heavy (non-hydrogen) atoms. The molecule has 1 atom stereocenters. The van der Waals surface area contributed by atoms with E-state index >= 15 is 0 Å². The first-order valence-electron chi connectivity index (χ1n) is 10.1. The van der Waals surface area contributed by atoms with Crippen LogP contribution >= 0.6 is 0 Å². The molecule has 0 radical (unpaired) electrons. The van der Waals surface area contributed by atoms with Crippen LogP contribution in [0, 0.1) is 6.92 Å². The Morgan fingerprint density at radius 1 is 1.34 bits per heavy atom. The average molecular weight is 391 g/mol. The summed E-state index contributed by atoms with van der Waals surface area (Å²) in [6.45, 7) is 4.55. The number of aromatic amines is 1. The molecule has 2 aliphatic heterocycles. The Kier molecular flexibility index (Phi) is 4.60. The lowest BCUT2D eigenvalue weighted by Gasteiger charge is -2.52. The van der Waals surface area contributed by atoms with Gasteiger partial charge in [-0.2, -0.15) is 0 Å². The average Bonchev–Trinajstić information content (AvgIpc) is 3.15. The molecule has 2 saturated heterocycles. The number of carbonyl (C=O) groups excluding carboxylic acids is 1. The fourth-order valence-corrected chi connectivity index (χ4v) is 4.35. The van der Waals surface area contributed by atoms with Gasteiger partial charge in [0.15, 0.2) is 0 Å². The Labute approximate surface area is 169 Å². The van der Waals surface area contributed by atoms with E-state index in [1.165, 1.54) is 5.56 Å². The number of carbonyl (C=O) groups is 1. The minimum Gasteiger partial charge on any atom is -0.373 e. The molecule has 0 bridgehead atoms. The fourth-order valence-electron chi connectivity index (χ4n) is 4.35. The molecule has 1 spiro atoms. The van der Waals surface area contributed by atoms with Crippen LogP contribution in [0.15, 0.2) is 48.8 Å². The van der Waals surface area contributed by atoms with Crippen molar-refractivity contribution >= 4 is 16.8 Å². The standard InChI is InChI=1S/C23H25N3O3/c1-16-6-8-24-12-18(16)13-28-19-7-9-29-23(11-19)14-26(15-23)22(27)21-10-17-4-2-3-5-20(17)25-21/h2-6,8,10,12,19,25H,7,9,11,13-15H2,1H3. The lowest BCUT2D eigenvalue weighted by molar-refractivity contribution is -0.188. The number of pyridine rings is 1. The molecule has 2 aliphatic rings. The highest BCUT2D eigenvalue weighted by Crippen LogP contribution is 2.36. The smallest absolute Gasteiger partial charge is 0.270 e. The molecule has 0 aliphatic carbocycles. The van der Waals surface area contributed by atoms with E-state index in [0.29, 0.717) is 32.0 Å². The van der Waals surface area contributed by atoms with E-state index in [-0.39, 0.29) is 17.6 Å². The summed E-state index contributed by atoms with van der Waals surface area (Å²) in [4.78, 5) is 22.1. The zero-order valence-corrected chi connectivity index (χ0v) is 16.6. The summed E-state index contributed by atoms with van der Waals surface area (Å²) in [5.41, 5.74) is 3.67. The number of nitrogens with zero attached hydrogens (tertiary/aromatic N) is 2. The van der Waals surface area contributed by atoms with E-state index in [0.717, 1.165) is 29.3 Å². The first kappa shape index (κ1) is 18.3. The molecule has 1 aromatic carbocycles. The molecule has 6 heteroatoms. The number of benzene rings is 1. The lowest BCUT2D eigenvalue weighted by atomic mass is 9.84. The van der Waals surface area contributed by atoms with Gasteiger partial charge in [0.25, 0.3) is 5.91 Å². The van der Waals surface area contributed by atoms with Crippen LogP contribution in [0.1, 0.15) is 34.5 Å². The van der Waals surface area contributed by atoms with Crippen molar-refractivity contribution in [1.82, 2.24) is 14.9 Å². The number of aromatic nitrogens is 2. The maximum Gasteiger partial charge on any atom is 0.270 e. The summed E-state index contributed by atoms with van der Waals surface area (Å²) in [5, 5.41) is 1.05. The van der Waals surface area contributed by atoms with Crippen molar-refractivity contribution in [2.45, 2.75) is 38.1 Å². The third-order valence-electron chi connectivity index (χ3n) is 6.08. The summed E-state index contributed by atoms with van der Waals surface area (Å²) in [6.07, 6.45) is 5.53. The highest BCUT2D eigenvalue weighted by atomic mass is 16.5. The molecule has 1 N–H and O–H groups in total. The zero-order valence-electron chi connectivity index (χ0n) is 16.6. The van der Waals surface area contributed by atoms with Gasteiger partial charge in [-0.05, 0) is 42.7 Å². The monoisotopic (exact) mass is 391 g/mol. The van der Waals surface area contributed by atoms with Crippen LogP contribution in [0.5, 0.6) is 0 Å². The first-order valence-corrected chi connectivity index (χ1v) is 10.1. The molecule has 150 valence electrons. The Morgan fingerprint density at radius 2 is 2.21 bits per heavy atom. The van der Waals surface area contributed by atoms with Crippen LogP contribution < -0.4 is 0 Å². The van der Waals surface area contributed by atoms with Crippen LogP contribution in [0.3, 0.4) is 0 Å². The second kappa shape index (κ2) is 7.28. The van der Waals surface area contributed by atoms with Crippen molar-refractivity contribution in [3.8, 4) is 0 Å². The molecular formula is C23H25N3O3. The summed E-state index contributed by atoms with van der Waals surface area (Å²) >= 11 is 0. The van der Waals surface area contributed by atoms with Crippen molar-refractivity contribution < 1.29 is 14.3 Å². The third-order valence-corrected chi connectivity index (χ3v) is 6.08. The van der Waals surface area contributed by atoms with Gasteiger partial charge in [0.05, 0.1) is 25.8 Å². The number of fused-ring (bicyclic) bond motifs is 1. The van der Waals surface area contributed by atoms with Gasteiger partial charge in [-0.25, -0.2) is 0 Å². The van der Waals surface area contributed by atoms with E-state index in [4.69, 9.17) is 9.47 Å². The van der Waals surface area contributed by atoms with Gasteiger partial charge < -0.3 is 19.4 Å². The minimum absolute atomic E-state index is 0.0319. The van der Waals surface area contributed by atoms with Crippen LogP contribution in [0.2, 0.25) is 0 Å². The number of amides is 1. The largest absolute Gasteiger partial charge is 0.373 e. The van der Waals surface area contributed by atoms with Crippen molar-refractivity contribution in [3.05, 3.63) is 65.6 Å². The maximum absolute atomic E-state index is 12.9. The third kappa shape index (κ3) is 3.54. The Morgan fingerprint density at radius 3 is 3.03 bits per heavy atom. The predicted molar refractivity (Wildman–Crippen MR) is 110 cm³/mol. The summed E-state index contributed by atoms with van der Waals surface area (Å²) in [6, 6.07) is 11.9. The summed E-state index contributed by atoms with van der Waals surface area (Å²) in [7, 11) is 0. The van der Waals surface area contributed by atoms with Gasteiger partial charge in [0, 0.05) is 36.3 Å². The number of para-hydroxylation sites is 1. The topological polar surface area (TPSA) is 67.5 Å². The molecule has 1 amide bonds. The Balaban J connectivity index is 1.19. The van der Waals surface area contributed by atoms with Crippen molar-refractivity contribution in [2.24, 2.45) is 0 Å². The van der Waals surface area contributed by atoms with E-state index in [2.05, 4.69) is 16.9 Å². The molecule has 0 saturated carbocycles. The lowest BCUT2D eigenvalue weighted by Crippen LogP contribution is -2.67. The van der Waals surface area contributed by atoms with Crippen LogP contribution in [-0.4, -0.2) is 52.2 Å². The van der Waals surface area contributed by atoms with Crippen molar-refractivity contribution in [1.29, 1.82) is 0 Å². The maximum atomic E-state index is 12.9. The first-order chi connectivity index (χ1) is 14.1. The zero-order chi connectivity index (χ0) is 19.8. The van der Waals surface area contributed by atoms with Crippen LogP contribution in [-0.2, 0) is 16.1 Å². The molecular weight excluding hydrogens is 366 g/mol. The van der Waals surface area contributed by atoms with Crippen LogP contribution in [0.25, 0.3) is 10.9 Å². The van der Waals surface area contributed by atoms with E-state index in [1.807, 2.05) is 47.5 Å². The fraction of sp³-hybridized carbons (Fsp3) is 0.391. The second-order valence-electron chi connectivity index (χ2n) is 8.19. The summed E-state index contributed by atoms with van der Waals surface area (Å²) in [5.74, 6) is 0.0319. The van der Waals surface area contributed by atoms with Gasteiger partial charge in [0.2, 0.25) is 0 Å². The molecule has 3 aromatic rings. The minimum atomic E-state index is -0.269. The van der Waals surface area contributed by atoms with Gasteiger partial charge in [-0.15, -0.1) is 0 Å². The van der Waals surface area contributed by atoms with E-state index < -0.39 is 0 Å². The van der Waals surface area contributed by atoms with E-state index in [9.17, 15) is 4.79 Å². The molecule has 2 fully saturated rings. The number of likely N-dealkylation sites (tertiary alicyclic amines) is 1. The van der Waals surface area contributed by atoms with E-state index in [1.54, 1.807) is 6.20 Å². The number of aryl methyl sites for hydroxylation is 1. The molecule has 2 aromatic heterocycles. The van der Waals surface area contributed by atoms with Crippen LogP contribution in [0.4, 0.5) is 0 Å². The molecule has 4 heterocycles. The van der Waals surface area contributed by atoms with Gasteiger partial charge >= 0.3 is 0 Å². The number of nitrogens with one attached hydrogen (secondary N) is 1. The predicted octanol–water partition coefficient (Wildman–Crippen LogP) is 3.46. The van der Waals surface area contributed by atoms with Gasteiger partial charge in [-0.1, -0.05) is 18.2 Å². The van der Waals surface area contributed by atoms with Gasteiger partial charge in [-0.3, -0.25) is 9.78 Å². The normalized spacial score (nSPS) is 20.7. The van der Waals surface area contributed by atoms with Crippen molar-refractivity contribution in [3.63, 3.8) is 0 Å². The van der Waals surface area contributed by atoms with Gasteiger partial charge in [0.1, 0.15) is 11.3 Å². The number of hydrogen-bond donors (Lipinski definition) is 1. The highest BCUT2D eigenvalue weighted by Gasteiger charge is 2.49. The Bertz CT molecular complexity index is 1010. The number of rotatable bonds is 4. The SMILES string of the molecule is Cc1ccncc1COC1CCOC2(C1)CN(C(=O)c1cc3ccccc3[nH]1)C2. The summed E-state index contributed by atoms with van der Waals surface area (Å²) < 4.78 is 12.3. The Hall–Kier alpha value is -2.70. The number of H-pyrrole nitrogens is 1. The number of hydrogen-bond acceptors (Lipinski definition) is 4. The molecule has 6 nitrogen and oxygen atoms in total. The molecule has 1 unspecified atom stereocenters. The second-order valence-corrected chi connectivity index (χ2v) is 8.19. The quantitative estimate of drug-likeness (QED) is 0.740.